The van der Waals surface area contributed by atoms with Crippen molar-refractivity contribution >= 4 is 27.5 Å². The van der Waals surface area contributed by atoms with Crippen LogP contribution in [0.1, 0.15) is 37.3 Å². The second kappa shape index (κ2) is 4.65. The van der Waals surface area contributed by atoms with Gasteiger partial charge in [0, 0.05) is 29.6 Å². The number of fused-ring (bicyclic) bond motifs is 1. The maximum Gasteiger partial charge on any atom is 0.220 e. The van der Waals surface area contributed by atoms with Crippen LogP contribution in [0.25, 0.3) is 10.1 Å². The fourth-order valence-corrected chi connectivity index (χ4v) is 3.58. The van der Waals surface area contributed by atoms with Crippen LogP contribution in [-0.4, -0.2) is 15.3 Å². The lowest BCUT2D eigenvalue weighted by Crippen LogP contribution is -2.27. The Morgan fingerprint density at radius 1 is 1.33 bits per heavy atom. The van der Waals surface area contributed by atoms with E-state index < -0.39 is 0 Å². The first-order valence-electron chi connectivity index (χ1n) is 6.24. The van der Waals surface area contributed by atoms with Gasteiger partial charge in [-0.3, -0.25) is 9.78 Å². The van der Waals surface area contributed by atoms with Crippen LogP contribution in [0.2, 0.25) is 0 Å². The fourth-order valence-electron chi connectivity index (χ4n) is 2.76. The van der Waals surface area contributed by atoms with E-state index in [1.165, 1.54) is 22.6 Å². The summed E-state index contributed by atoms with van der Waals surface area (Å²) in [6, 6.07) is 2.04. The molecule has 2 N–H and O–H groups in total. The Morgan fingerprint density at radius 2 is 2.11 bits per heavy atom. The van der Waals surface area contributed by atoms with Crippen molar-refractivity contribution in [3.05, 3.63) is 24.2 Å². The highest BCUT2D eigenvalue weighted by Crippen LogP contribution is 2.38. The minimum absolute atomic E-state index is 0.0628. The average Bonchev–Trinajstić information content (AvgIpc) is 2.82. The molecule has 1 saturated carbocycles. The summed E-state index contributed by atoms with van der Waals surface area (Å²) in [6.45, 7) is 0. The Morgan fingerprint density at radius 3 is 2.83 bits per heavy atom. The van der Waals surface area contributed by atoms with Crippen molar-refractivity contribution in [3.8, 4) is 0 Å². The molecule has 0 unspecified atom stereocenters. The molecule has 0 aliphatic heterocycles. The number of primary amides is 1. The molecule has 0 aromatic carbocycles. The number of amides is 1. The topological polar surface area (TPSA) is 68.9 Å². The molecule has 0 radical (unpaired) electrons. The van der Waals surface area contributed by atoms with Crippen molar-refractivity contribution in [1.82, 2.24) is 9.36 Å². The summed E-state index contributed by atoms with van der Waals surface area (Å²) in [5.41, 5.74) is 6.54. The molecule has 2 aromatic rings. The van der Waals surface area contributed by atoms with Crippen molar-refractivity contribution in [2.45, 2.75) is 31.6 Å². The second-order valence-corrected chi connectivity index (χ2v) is 5.70. The Labute approximate surface area is 109 Å². The monoisotopic (exact) mass is 261 g/mol. The number of pyridine rings is 1. The summed E-state index contributed by atoms with van der Waals surface area (Å²) < 4.78 is 5.72. The fraction of sp³-hybridized carbons (Fsp3) is 0.462. The molecule has 18 heavy (non-hydrogen) atoms. The molecule has 0 spiro atoms. The summed E-state index contributed by atoms with van der Waals surface area (Å²) in [5, 5.41) is 1.22. The number of nitrogens with two attached hydrogens (primary N) is 1. The van der Waals surface area contributed by atoms with E-state index in [-0.39, 0.29) is 11.8 Å². The molecular weight excluding hydrogens is 246 g/mol. The third-order valence-electron chi connectivity index (χ3n) is 3.82. The molecule has 1 fully saturated rings. The molecular formula is C13H15N3OS. The van der Waals surface area contributed by atoms with Crippen LogP contribution >= 0.6 is 11.5 Å². The van der Waals surface area contributed by atoms with Gasteiger partial charge in [0.1, 0.15) is 0 Å². The highest BCUT2D eigenvalue weighted by Gasteiger charge is 2.27. The number of carbonyl (C=O) groups is 1. The van der Waals surface area contributed by atoms with Gasteiger partial charge in [-0.05, 0) is 43.3 Å². The third kappa shape index (κ3) is 1.99. The van der Waals surface area contributed by atoms with Crippen molar-refractivity contribution in [3.63, 3.8) is 0 Å². The van der Waals surface area contributed by atoms with Crippen LogP contribution in [0.3, 0.4) is 0 Å². The van der Waals surface area contributed by atoms with Crippen molar-refractivity contribution in [1.29, 1.82) is 0 Å². The molecule has 3 rings (SSSR count). The summed E-state index contributed by atoms with van der Waals surface area (Å²) in [4.78, 5) is 15.3. The summed E-state index contributed by atoms with van der Waals surface area (Å²) in [5.74, 6) is 0.380. The van der Waals surface area contributed by atoms with Crippen molar-refractivity contribution in [2.24, 2.45) is 11.7 Å². The van der Waals surface area contributed by atoms with Crippen LogP contribution in [0, 0.1) is 5.92 Å². The molecule has 0 bridgehead atoms. The lowest BCUT2D eigenvalue weighted by atomic mass is 9.79. The molecule has 1 aliphatic rings. The molecule has 2 heterocycles. The van der Waals surface area contributed by atoms with Gasteiger partial charge in [-0.2, -0.15) is 4.37 Å². The van der Waals surface area contributed by atoms with E-state index in [9.17, 15) is 4.79 Å². The normalized spacial score (nSPS) is 24.2. The van der Waals surface area contributed by atoms with Gasteiger partial charge in [-0.25, -0.2) is 0 Å². The first-order valence-corrected chi connectivity index (χ1v) is 7.01. The summed E-state index contributed by atoms with van der Waals surface area (Å²) >= 11 is 1.51. The third-order valence-corrected chi connectivity index (χ3v) is 4.63. The molecule has 0 saturated heterocycles. The molecule has 1 aliphatic carbocycles. The Hall–Kier alpha value is -1.49. The van der Waals surface area contributed by atoms with E-state index in [1.54, 1.807) is 0 Å². The SMILES string of the molecule is NC(=O)C1CCC(c2nsc3cnccc23)CC1. The Bertz CT molecular complexity index is 572. The first-order chi connectivity index (χ1) is 8.75. The lowest BCUT2D eigenvalue weighted by molar-refractivity contribution is -0.122. The quantitative estimate of drug-likeness (QED) is 0.902. The predicted octanol–water partition coefficient (Wildman–Crippen LogP) is 2.45. The van der Waals surface area contributed by atoms with Crippen molar-refractivity contribution < 1.29 is 4.79 Å². The number of hydrogen-bond donors (Lipinski definition) is 1. The average molecular weight is 261 g/mol. The van der Waals surface area contributed by atoms with Crippen LogP contribution in [0.5, 0.6) is 0 Å². The number of hydrogen-bond acceptors (Lipinski definition) is 4. The first kappa shape index (κ1) is 11.6. The zero-order chi connectivity index (χ0) is 12.5. The largest absolute Gasteiger partial charge is 0.369 e. The second-order valence-electron chi connectivity index (χ2n) is 4.89. The van der Waals surface area contributed by atoms with Crippen molar-refractivity contribution in [2.75, 3.05) is 0 Å². The smallest absolute Gasteiger partial charge is 0.220 e. The number of rotatable bonds is 2. The van der Waals surface area contributed by atoms with Gasteiger partial charge in [0.2, 0.25) is 5.91 Å². The number of aromatic nitrogens is 2. The van der Waals surface area contributed by atoms with E-state index in [4.69, 9.17) is 5.73 Å². The lowest BCUT2D eigenvalue weighted by Gasteiger charge is -2.25. The van der Waals surface area contributed by atoms with Gasteiger partial charge in [0.05, 0.1) is 10.4 Å². The van der Waals surface area contributed by atoms with E-state index >= 15 is 0 Å². The van der Waals surface area contributed by atoms with Gasteiger partial charge >= 0.3 is 0 Å². The van der Waals surface area contributed by atoms with Crippen LogP contribution in [0.15, 0.2) is 18.5 Å². The standard InChI is InChI=1S/C13H15N3OS/c14-13(17)9-3-1-8(2-4-9)12-10-5-6-15-7-11(10)18-16-12/h5-9H,1-4H2,(H2,14,17). The Kier molecular flexibility index (Phi) is 2.99. The zero-order valence-electron chi connectivity index (χ0n) is 10.0. The molecule has 1 amide bonds. The van der Waals surface area contributed by atoms with Gasteiger partial charge in [0.25, 0.3) is 0 Å². The molecule has 4 nitrogen and oxygen atoms in total. The number of carbonyl (C=O) groups excluding carboxylic acids is 1. The molecule has 5 heteroatoms. The summed E-state index contributed by atoms with van der Waals surface area (Å²) in [7, 11) is 0. The predicted molar refractivity (Wildman–Crippen MR) is 71.3 cm³/mol. The van der Waals surface area contributed by atoms with Gasteiger partial charge in [0.15, 0.2) is 0 Å². The Balaban J connectivity index is 1.82. The van der Waals surface area contributed by atoms with E-state index in [0.29, 0.717) is 5.92 Å². The number of nitrogens with zero attached hydrogens (tertiary/aromatic N) is 2. The van der Waals surface area contributed by atoms with Gasteiger partial charge in [-0.1, -0.05) is 0 Å². The summed E-state index contributed by atoms with van der Waals surface area (Å²) in [6.07, 6.45) is 7.48. The van der Waals surface area contributed by atoms with Gasteiger partial charge < -0.3 is 5.73 Å². The van der Waals surface area contributed by atoms with E-state index in [0.717, 1.165) is 30.4 Å². The van der Waals surface area contributed by atoms with E-state index in [2.05, 4.69) is 9.36 Å². The minimum atomic E-state index is -0.152. The van der Waals surface area contributed by atoms with Crippen LogP contribution < -0.4 is 5.73 Å². The minimum Gasteiger partial charge on any atom is -0.369 e. The zero-order valence-corrected chi connectivity index (χ0v) is 10.8. The van der Waals surface area contributed by atoms with Crippen LogP contribution in [0.4, 0.5) is 0 Å². The maximum absolute atomic E-state index is 11.2. The maximum atomic E-state index is 11.2. The highest BCUT2D eigenvalue weighted by atomic mass is 32.1. The van der Waals surface area contributed by atoms with Crippen LogP contribution in [-0.2, 0) is 4.79 Å². The van der Waals surface area contributed by atoms with Gasteiger partial charge in [-0.15, -0.1) is 0 Å². The molecule has 2 aromatic heterocycles. The van der Waals surface area contributed by atoms with E-state index in [1.807, 2.05) is 18.5 Å². The molecule has 94 valence electrons. The molecule has 0 atom stereocenters. The highest BCUT2D eigenvalue weighted by molar-refractivity contribution is 7.13.